The molecule has 0 unspecified atom stereocenters. The number of hydrogen-bond acceptors (Lipinski definition) is 5. The van der Waals surface area contributed by atoms with Crippen LogP contribution in [-0.4, -0.2) is 66.3 Å². The third-order valence-electron chi connectivity index (χ3n) is 7.73. The zero-order chi connectivity index (χ0) is 32.6. The first-order valence-corrected chi connectivity index (χ1v) is 15.8. The van der Waals surface area contributed by atoms with Crippen molar-refractivity contribution in [3.05, 3.63) is 105 Å². The molecule has 46 heavy (non-hydrogen) atoms. The molecule has 238 valence electrons. The van der Waals surface area contributed by atoms with Crippen molar-refractivity contribution >= 4 is 47.0 Å². The fraction of sp³-hybridized carbons (Fsp3) is 0.314. The third kappa shape index (κ3) is 8.39. The molecular weight excluding hydrogens is 627 g/mol. The molecule has 1 heterocycles. The predicted octanol–water partition coefficient (Wildman–Crippen LogP) is 5.09. The van der Waals surface area contributed by atoms with Crippen molar-refractivity contribution in [2.24, 2.45) is 5.92 Å². The standard InChI is InChI=1S/C35H34Cl2N4O5/c1-40(21-24-9-4-2-5-10-24)35(45)38-20-29(34(44)46-22-25-11-6-3-7-12-25)39-32(42)30-28(36)19-27-26(31(30)37)16-18-41(33(27)43)17-8-13-23-14-15-23/h2-7,9-12,19,23,29H,14-18,20-22H2,1H3,(H,38,45)(H,39,42)/t29-/m0/s1. The SMILES string of the molecule is CN(Cc1ccccc1)C(=O)NC[C@H](NC(=O)c1c(Cl)cc2c(c1Cl)CCN(CC#CC1CC1)C2=O)C(=O)OCc1ccccc1. The molecule has 3 aromatic carbocycles. The summed E-state index contributed by atoms with van der Waals surface area (Å²) in [6.07, 6.45) is 2.61. The third-order valence-corrected chi connectivity index (χ3v) is 8.44. The van der Waals surface area contributed by atoms with Gasteiger partial charge < -0.3 is 25.2 Å². The fourth-order valence-corrected chi connectivity index (χ4v) is 5.71. The van der Waals surface area contributed by atoms with Crippen molar-refractivity contribution < 1.29 is 23.9 Å². The Morgan fingerprint density at radius 3 is 2.39 bits per heavy atom. The lowest BCUT2D eigenvalue weighted by atomic mass is 9.95. The van der Waals surface area contributed by atoms with Gasteiger partial charge in [0, 0.05) is 31.6 Å². The summed E-state index contributed by atoms with van der Waals surface area (Å²) in [7, 11) is 1.62. The average Bonchev–Trinajstić information content (AvgIpc) is 3.88. The van der Waals surface area contributed by atoms with Crippen LogP contribution in [0, 0.1) is 17.8 Å². The van der Waals surface area contributed by atoms with Gasteiger partial charge in [-0.15, -0.1) is 0 Å². The van der Waals surface area contributed by atoms with E-state index in [1.165, 1.54) is 11.0 Å². The van der Waals surface area contributed by atoms with Crippen molar-refractivity contribution in [1.82, 2.24) is 20.4 Å². The van der Waals surface area contributed by atoms with Gasteiger partial charge in [-0.05, 0) is 42.0 Å². The van der Waals surface area contributed by atoms with Gasteiger partial charge in [-0.25, -0.2) is 9.59 Å². The van der Waals surface area contributed by atoms with Crippen LogP contribution in [0.15, 0.2) is 66.7 Å². The number of rotatable bonds is 10. The Labute approximate surface area is 278 Å². The topological polar surface area (TPSA) is 108 Å². The van der Waals surface area contributed by atoms with Crippen molar-refractivity contribution in [3.8, 4) is 11.8 Å². The smallest absolute Gasteiger partial charge is 0.330 e. The molecule has 1 fully saturated rings. The molecule has 11 heteroatoms. The number of hydrogen-bond donors (Lipinski definition) is 2. The van der Waals surface area contributed by atoms with Crippen LogP contribution in [0.1, 0.15) is 50.2 Å². The van der Waals surface area contributed by atoms with Gasteiger partial charge in [-0.3, -0.25) is 9.59 Å². The molecule has 0 saturated heterocycles. The summed E-state index contributed by atoms with van der Waals surface area (Å²) in [4.78, 5) is 56.1. The Kier molecular flexibility index (Phi) is 10.8. The lowest BCUT2D eigenvalue weighted by molar-refractivity contribution is -0.147. The van der Waals surface area contributed by atoms with E-state index < -0.39 is 23.9 Å². The number of carbonyl (C=O) groups is 4. The highest BCUT2D eigenvalue weighted by Gasteiger charge is 2.32. The van der Waals surface area contributed by atoms with E-state index in [1.54, 1.807) is 24.1 Å². The molecule has 0 aromatic heterocycles. The molecule has 1 aliphatic heterocycles. The summed E-state index contributed by atoms with van der Waals surface area (Å²) < 4.78 is 5.50. The molecular formula is C35H34Cl2N4O5. The first-order chi connectivity index (χ1) is 22.2. The maximum absolute atomic E-state index is 13.6. The molecule has 4 amide bonds. The molecule has 1 saturated carbocycles. The van der Waals surface area contributed by atoms with Crippen molar-refractivity contribution in [2.45, 2.75) is 38.5 Å². The molecule has 5 rings (SSSR count). The number of nitrogens with one attached hydrogen (secondary N) is 2. The second-order valence-corrected chi connectivity index (χ2v) is 12.1. The first-order valence-electron chi connectivity index (χ1n) is 15.0. The largest absolute Gasteiger partial charge is 0.459 e. The van der Waals surface area contributed by atoms with Gasteiger partial charge >= 0.3 is 12.0 Å². The van der Waals surface area contributed by atoms with Gasteiger partial charge in [0.05, 0.1) is 28.7 Å². The summed E-state index contributed by atoms with van der Waals surface area (Å²) in [5.74, 6) is 4.91. The molecule has 9 nitrogen and oxygen atoms in total. The summed E-state index contributed by atoms with van der Waals surface area (Å²) in [5.41, 5.74) is 2.44. The lowest BCUT2D eigenvalue weighted by Crippen LogP contribution is -2.51. The molecule has 2 N–H and O–H groups in total. The molecule has 2 aliphatic rings. The highest BCUT2D eigenvalue weighted by atomic mass is 35.5. The fourth-order valence-electron chi connectivity index (χ4n) is 4.99. The zero-order valence-corrected chi connectivity index (χ0v) is 26.9. The second kappa shape index (κ2) is 15.2. The number of amides is 4. The van der Waals surface area contributed by atoms with Gasteiger partial charge in [0.1, 0.15) is 12.6 Å². The van der Waals surface area contributed by atoms with Gasteiger partial charge in [-0.1, -0.05) is 95.7 Å². The van der Waals surface area contributed by atoms with E-state index in [0.717, 1.165) is 24.0 Å². The minimum Gasteiger partial charge on any atom is -0.459 e. The van der Waals surface area contributed by atoms with Crippen LogP contribution in [0.4, 0.5) is 4.79 Å². The number of ether oxygens (including phenoxy) is 1. The van der Waals surface area contributed by atoms with Gasteiger partial charge in [0.25, 0.3) is 11.8 Å². The number of fused-ring (bicyclic) bond motifs is 1. The van der Waals surface area contributed by atoms with E-state index in [-0.39, 0.29) is 34.7 Å². The molecule has 1 atom stereocenters. The summed E-state index contributed by atoms with van der Waals surface area (Å²) in [6, 6.07) is 18.2. The quantitative estimate of drug-likeness (QED) is 0.233. The van der Waals surface area contributed by atoms with E-state index >= 15 is 0 Å². The zero-order valence-electron chi connectivity index (χ0n) is 25.4. The molecule has 1 aliphatic carbocycles. The van der Waals surface area contributed by atoms with Crippen LogP contribution in [0.25, 0.3) is 0 Å². The van der Waals surface area contributed by atoms with Crippen molar-refractivity contribution in [3.63, 3.8) is 0 Å². The Hall–Kier alpha value is -4.52. The number of esters is 1. The average molecular weight is 662 g/mol. The van der Waals surface area contributed by atoms with Crippen molar-refractivity contribution in [2.75, 3.05) is 26.7 Å². The van der Waals surface area contributed by atoms with Crippen molar-refractivity contribution in [1.29, 1.82) is 0 Å². The maximum atomic E-state index is 13.6. The summed E-state index contributed by atoms with van der Waals surface area (Å²) >= 11 is 13.3. The van der Waals surface area contributed by atoms with Crippen LogP contribution in [0.5, 0.6) is 0 Å². The molecule has 0 spiro atoms. The highest BCUT2D eigenvalue weighted by Crippen LogP contribution is 2.34. The Balaban J connectivity index is 1.30. The van der Waals surface area contributed by atoms with Crippen LogP contribution in [-0.2, 0) is 29.1 Å². The predicted molar refractivity (Wildman–Crippen MR) is 175 cm³/mol. The Morgan fingerprint density at radius 2 is 1.72 bits per heavy atom. The van der Waals surface area contributed by atoms with Crippen LogP contribution < -0.4 is 10.6 Å². The van der Waals surface area contributed by atoms with Gasteiger partial charge in [-0.2, -0.15) is 0 Å². The summed E-state index contributed by atoms with van der Waals surface area (Å²) in [6.45, 7) is 0.756. The van der Waals surface area contributed by atoms with Gasteiger partial charge in [0.2, 0.25) is 0 Å². The lowest BCUT2D eigenvalue weighted by Gasteiger charge is -2.28. The van der Waals surface area contributed by atoms with E-state index in [1.807, 2.05) is 48.5 Å². The van der Waals surface area contributed by atoms with Crippen LogP contribution >= 0.6 is 23.2 Å². The minimum absolute atomic E-state index is 0.0299. The number of nitrogens with zero attached hydrogens (tertiary/aromatic N) is 2. The number of benzene rings is 3. The highest BCUT2D eigenvalue weighted by molar-refractivity contribution is 6.41. The monoisotopic (exact) mass is 660 g/mol. The van der Waals surface area contributed by atoms with E-state index in [2.05, 4.69) is 22.5 Å². The maximum Gasteiger partial charge on any atom is 0.330 e. The van der Waals surface area contributed by atoms with Crippen LogP contribution in [0.3, 0.4) is 0 Å². The second-order valence-electron chi connectivity index (χ2n) is 11.3. The van der Waals surface area contributed by atoms with Gasteiger partial charge in [0.15, 0.2) is 0 Å². The van der Waals surface area contributed by atoms with Crippen LogP contribution in [0.2, 0.25) is 10.0 Å². The number of halogens is 2. The Morgan fingerprint density at radius 1 is 1.04 bits per heavy atom. The minimum atomic E-state index is -1.27. The molecule has 0 bridgehead atoms. The number of urea groups is 1. The molecule has 0 radical (unpaired) electrons. The van der Waals surface area contributed by atoms with E-state index in [0.29, 0.717) is 43.1 Å². The van der Waals surface area contributed by atoms with E-state index in [9.17, 15) is 19.2 Å². The normalized spacial score (nSPS) is 14.3. The summed E-state index contributed by atoms with van der Waals surface area (Å²) in [5, 5.41) is 5.34. The Bertz CT molecular complexity index is 1670. The number of carbonyl (C=O) groups excluding carboxylic acids is 4. The molecule has 3 aromatic rings. The van der Waals surface area contributed by atoms with E-state index in [4.69, 9.17) is 27.9 Å². The first kappa shape index (κ1) is 32.9.